The largest absolute Gasteiger partial charge is 0.384 e. The molecule has 1 atom stereocenters. The molecule has 0 aliphatic carbocycles. The van der Waals surface area contributed by atoms with Crippen LogP contribution < -0.4 is 10.6 Å². The molecule has 0 radical (unpaired) electrons. The van der Waals surface area contributed by atoms with E-state index in [1.807, 2.05) is 41.3 Å². The zero-order chi connectivity index (χ0) is 29.7. The van der Waals surface area contributed by atoms with Crippen LogP contribution in [-0.4, -0.2) is 68.8 Å². The van der Waals surface area contributed by atoms with E-state index in [1.54, 1.807) is 35.2 Å². The predicted molar refractivity (Wildman–Crippen MR) is 164 cm³/mol. The Labute approximate surface area is 252 Å². The number of amides is 2. The number of amidine groups is 1. The summed E-state index contributed by atoms with van der Waals surface area (Å²) < 4.78 is 33.9. The van der Waals surface area contributed by atoms with Crippen molar-refractivity contribution in [2.75, 3.05) is 44.2 Å². The van der Waals surface area contributed by atoms with Crippen molar-refractivity contribution in [2.45, 2.75) is 24.3 Å². The summed E-state index contributed by atoms with van der Waals surface area (Å²) in [5.74, 6) is 0.180. The number of nitrogens with one attached hydrogen (secondary N) is 1. The van der Waals surface area contributed by atoms with E-state index in [1.165, 1.54) is 16.4 Å². The first kappa shape index (κ1) is 30.0. The smallest absolute Gasteiger partial charge is 0.324 e. The van der Waals surface area contributed by atoms with Gasteiger partial charge >= 0.3 is 6.03 Å². The Hall–Kier alpha value is -3.44. The fourth-order valence-corrected chi connectivity index (χ4v) is 7.18. The molecule has 3 aromatic rings. The highest BCUT2D eigenvalue weighted by Gasteiger charge is 2.36. The summed E-state index contributed by atoms with van der Waals surface area (Å²) in [6.07, 6.45) is 1.32. The highest BCUT2D eigenvalue weighted by molar-refractivity contribution is 7.89. The number of nitrogen functional groups attached to an aromatic ring is 1. The normalized spacial score (nSPS) is 18.8. The van der Waals surface area contributed by atoms with Crippen LogP contribution in [0.5, 0.6) is 0 Å². The second-order valence-corrected chi connectivity index (χ2v) is 13.3. The van der Waals surface area contributed by atoms with E-state index in [0.717, 1.165) is 5.56 Å². The minimum absolute atomic E-state index is 0.0544. The summed E-state index contributed by atoms with van der Waals surface area (Å²) in [6, 6.07) is 23.3. The zero-order valence-corrected chi connectivity index (χ0v) is 24.9. The van der Waals surface area contributed by atoms with E-state index in [-0.39, 0.29) is 28.6 Å². The van der Waals surface area contributed by atoms with Gasteiger partial charge in [0.15, 0.2) is 0 Å². The molecule has 2 heterocycles. The Balaban J connectivity index is 1.26. The van der Waals surface area contributed by atoms with Crippen LogP contribution in [0.25, 0.3) is 0 Å². The Morgan fingerprint density at radius 3 is 2.36 bits per heavy atom. The quantitative estimate of drug-likeness (QED) is 0.253. The molecule has 0 bridgehead atoms. The van der Waals surface area contributed by atoms with Gasteiger partial charge < -0.3 is 15.4 Å². The van der Waals surface area contributed by atoms with Crippen molar-refractivity contribution in [1.82, 2.24) is 9.21 Å². The molecule has 222 valence electrons. The van der Waals surface area contributed by atoms with Crippen molar-refractivity contribution in [3.8, 4) is 0 Å². The molecule has 2 saturated heterocycles. The summed E-state index contributed by atoms with van der Waals surface area (Å²) in [5, 5.41) is 8.32. The van der Waals surface area contributed by atoms with Crippen LogP contribution in [0, 0.1) is 17.2 Å². The van der Waals surface area contributed by atoms with Crippen LogP contribution in [-0.2, 0) is 21.4 Å². The molecule has 2 fully saturated rings. The summed E-state index contributed by atoms with van der Waals surface area (Å²) >= 11 is 5.94. The molecule has 11 heteroatoms. The third-order valence-electron chi connectivity index (χ3n) is 7.86. The molecule has 0 spiro atoms. The number of piperidine rings is 1. The molecule has 2 aliphatic rings. The lowest BCUT2D eigenvalue weighted by Gasteiger charge is -2.42. The van der Waals surface area contributed by atoms with Gasteiger partial charge in [-0.3, -0.25) is 10.3 Å². The molecular formula is C31H36ClN5O4S. The number of urea groups is 1. The first-order valence-corrected chi connectivity index (χ1v) is 15.9. The van der Waals surface area contributed by atoms with Crippen LogP contribution in [0.4, 0.5) is 10.5 Å². The molecule has 42 heavy (non-hydrogen) atoms. The van der Waals surface area contributed by atoms with E-state index in [4.69, 9.17) is 27.5 Å². The summed E-state index contributed by atoms with van der Waals surface area (Å²) in [7, 11) is -3.60. The number of carbonyl (C=O) groups excluding carboxylic acids is 1. The van der Waals surface area contributed by atoms with E-state index in [9.17, 15) is 13.2 Å². The molecule has 3 N–H and O–H groups in total. The maximum Gasteiger partial charge on any atom is 0.324 e. The standard InChI is InChI=1S/C31H36ClN5O4S/c32-27-9-11-29(12-10-27)42(39,40)36-15-13-23(14-16-36)18-35-19-25(22-41-21-24-5-2-1-3-6-24)20-37(31(35)38)28-8-4-7-26(17-28)30(33)34/h1-12,17,23,25H,13-16,18-22H2,(H3,33,34). The van der Waals surface area contributed by atoms with Crippen molar-refractivity contribution in [1.29, 1.82) is 5.41 Å². The number of hydrogen-bond donors (Lipinski definition) is 2. The molecule has 9 nitrogen and oxygen atoms in total. The molecule has 2 amide bonds. The van der Waals surface area contributed by atoms with Crippen LogP contribution in [0.1, 0.15) is 24.0 Å². The number of rotatable bonds is 10. The highest BCUT2D eigenvalue weighted by atomic mass is 35.5. The third-order valence-corrected chi connectivity index (χ3v) is 10.0. The van der Waals surface area contributed by atoms with Crippen LogP contribution in [0.3, 0.4) is 0 Å². The number of carbonyl (C=O) groups is 1. The molecule has 1 unspecified atom stereocenters. The van der Waals surface area contributed by atoms with Crippen LogP contribution >= 0.6 is 11.6 Å². The monoisotopic (exact) mass is 609 g/mol. The molecule has 3 aromatic carbocycles. The fourth-order valence-electron chi connectivity index (χ4n) is 5.59. The Bertz CT molecular complexity index is 1500. The molecule has 5 rings (SSSR count). The Morgan fingerprint density at radius 2 is 1.67 bits per heavy atom. The van der Waals surface area contributed by atoms with Gasteiger partial charge in [-0.2, -0.15) is 4.31 Å². The van der Waals surface area contributed by atoms with Crippen LogP contribution in [0.2, 0.25) is 5.02 Å². The van der Waals surface area contributed by atoms with Crippen molar-refractivity contribution < 1.29 is 17.9 Å². The van der Waals surface area contributed by atoms with Gasteiger partial charge in [0.2, 0.25) is 10.0 Å². The van der Waals surface area contributed by atoms with Crippen LogP contribution in [0.15, 0.2) is 83.8 Å². The Kier molecular flexibility index (Phi) is 9.47. The van der Waals surface area contributed by atoms with Crippen molar-refractivity contribution in [3.63, 3.8) is 0 Å². The second kappa shape index (κ2) is 13.2. The molecular weight excluding hydrogens is 574 g/mol. The first-order valence-electron chi connectivity index (χ1n) is 14.1. The van der Waals surface area contributed by atoms with Gasteiger partial charge in [0, 0.05) is 54.9 Å². The minimum atomic E-state index is -3.60. The van der Waals surface area contributed by atoms with Crippen molar-refractivity contribution >= 4 is 39.2 Å². The molecule has 0 saturated carbocycles. The third kappa shape index (κ3) is 7.12. The predicted octanol–water partition coefficient (Wildman–Crippen LogP) is 4.80. The van der Waals surface area contributed by atoms with Gasteiger partial charge in [-0.25, -0.2) is 13.2 Å². The number of benzene rings is 3. The number of nitrogens with two attached hydrogens (primary N) is 1. The Morgan fingerprint density at radius 1 is 0.952 bits per heavy atom. The van der Waals surface area contributed by atoms with Gasteiger partial charge in [0.1, 0.15) is 5.84 Å². The van der Waals surface area contributed by atoms with Gasteiger partial charge in [-0.15, -0.1) is 0 Å². The van der Waals surface area contributed by atoms with Gasteiger partial charge in [0.05, 0.1) is 18.1 Å². The topological polar surface area (TPSA) is 120 Å². The number of ether oxygens (including phenoxy) is 1. The summed E-state index contributed by atoms with van der Waals surface area (Å²) in [5.41, 5.74) is 8.07. The van der Waals surface area contributed by atoms with E-state index < -0.39 is 10.0 Å². The van der Waals surface area contributed by atoms with Gasteiger partial charge in [0.25, 0.3) is 0 Å². The summed E-state index contributed by atoms with van der Waals surface area (Å²) in [6.45, 7) is 3.34. The average molecular weight is 610 g/mol. The van der Waals surface area contributed by atoms with Crippen molar-refractivity contribution in [2.24, 2.45) is 17.6 Å². The SMILES string of the molecule is N=C(N)c1cccc(N2CC(COCc3ccccc3)CN(CC3CCN(S(=O)(=O)c4ccc(Cl)cc4)CC3)C2=O)c1. The zero-order valence-electron chi connectivity index (χ0n) is 23.4. The molecule has 2 aliphatic heterocycles. The maximum atomic E-state index is 13.8. The number of hydrogen-bond acceptors (Lipinski definition) is 5. The lowest BCUT2D eigenvalue weighted by Crippen LogP contribution is -2.56. The lowest BCUT2D eigenvalue weighted by molar-refractivity contribution is 0.0661. The first-order chi connectivity index (χ1) is 20.2. The number of anilines is 1. The number of sulfonamides is 1. The van der Waals surface area contributed by atoms with E-state index >= 15 is 0 Å². The average Bonchev–Trinajstić information content (AvgIpc) is 3.00. The van der Waals surface area contributed by atoms with E-state index in [2.05, 4.69) is 0 Å². The molecule has 0 aromatic heterocycles. The maximum absolute atomic E-state index is 13.8. The number of halogens is 1. The van der Waals surface area contributed by atoms with Crippen molar-refractivity contribution in [3.05, 3.63) is 95.0 Å². The van der Waals surface area contributed by atoms with Gasteiger partial charge in [-0.1, -0.05) is 54.1 Å². The van der Waals surface area contributed by atoms with E-state index in [0.29, 0.717) is 75.1 Å². The fraction of sp³-hybridized carbons (Fsp3) is 0.355. The summed E-state index contributed by atoms with van der Waals surface area (Å²) in [4.78, 5) is 17.6. The lowest BCUT2D eigenvalue weighted by atomic mass is 9.96. The second-order valence-electron chi connectivity index (χ2n) is 10.9. The van der Waals surface area contributed by atoms with Gasteiger partial charge in [-0.05, 0) is 60.7 Å². The highest BCUT2D eigenvalue weighted by Crippen LogP contribution is 2.29. The number of nitrogens with zero attached hydrogens (tertiary/aromatic N) is 3. The minimum Gasteiger partial charge on any atom is -0.384 e.